The Morgan fingerprint density at radius 1 is 0.885 bits per heavy atom. The Hall–Kier alpha value is -3.08. The fourth-order valence-electron chi connectivity index (χ4n) is 3.59. The summed E-state index contributed by atoms with van der Waals surface area (Å²) in [7, 11) is 0. The first-order chi connectivity index (χ1) is 12.8. The van der Waals surface area contributed by atoms with Crippen molar-refractivity contribution in [1.29, 1.82) is 0 Å². The molecule has 2 aromatic carbocycles. The van der Waals surface area contributed by atoms with Crippen LogP contribution in [-0.2, 0) is 0 Å². The number of rotatable bonds is 2. The zero-order valence-corrected chi connectivity index (χ0v) is 14.3. The number of anilines is 1. The molecule has 0 bridgehead atoms. The maximum Gasteiger partial charge on any atom is 0.349 e. The van der Waals surface area contributed by atoms with E-state index in [1.165, 1.54) is 19.3 Å². The van der Waals surface area contributed by atoms with Crippen LogP contribution < -0.4 is 10.5 Å². The predicted molar refractivity (Wildman–Crippen MR) is 102 cm³/mol. The Bertz CT molecular complexity index is 1120. The van der Waals surface area contributed by atoms with E-state index in [2.05, 4.69) is 16.0 Å². The van der Waals surface area contributed by atoms with Gasteiger partial charge in [0.1, 0.15) is 16.7 Å². The van der Waals surface area contributed by atoms with Gasteiger partial charge >= 0.3 is 5.63 Å². The van der Waals surface area contributed by atoms with Crippen LogP contribution in [0.5, 0.6) is 0 Å². The largest absolute Gasteiger partial charge is 0.436 e. The second-order valence-corrected chi connectivity index (χ2v) is 6.70. The summed E-state index contributed by atoms with van der Waals surface area (Å²) in [6.07, 6.45) is 3.70. The Labute approximate surface area is 149 Å². The molecule has 1 saturated heterocycles. The number of aromatic nitrogens is 1. The molecule has 0 spiro atoms. The van der Waals surface area contributed by atoms with Crippen molar-refractivity contribution in [3.8, 4) is 11.5 Å². The fourth-order valence-corrected chi connectivity index (χ4v) is 3.59. The van der Waals surface area contributed by atoms with E-state index in [0.717, 1.165) is 29.7 Å². The van der Waals surface area contributed by atoms with Gasteiger partial charge in [0.2, 0.25) is 5.89 Å². The lowest BCUT2D eigenvalue weighted by Crippen LogP contribution is -2.29. The maximum atomic E-state index is 12.5. The number of piperidine rings is 1. The first-order valence-corrected chi connectivity index (χ1v) is 8.97. The zero-order valence-electron chi connectivity index (χ0n) is 14.3. The van der Waals surface area contributed by atoms with Gasteiger partial charge in [0.15, 0.2) is 5.58 Å². The van der Waals surface area contributed by atoms with Crippen LogP contribution in [0.3, 0.4) is 0 Å². The first-order valence-electron chi connectivity index (χ1n) is 8.97. The maximum absolute atomic E-state index is 12.5. The van der Waals surface area contributed by atoms with Gasteiger partial charge in [-0.15, -0.1) is 0 Å². The highest BCUT2D eigenvalue weighted by Crippen LogP contribution is 2.28. The lowest BCUT2D eigenvalue weighted by molar-refractivity contribution is 0.552. The Morgan fingerprint density at radius 2 is 1.73 bits per heavy atom. The van der Waals surface area contributed by atoms with Gasteiger partial charge in [0.25, 0.3) is 0 Å². The van der Waals surface area contributed by atoms with Crippen LogP contribution in [0.15, 0.2) is 62.2 Å². The van der Waals surface area contributed by atoms with E-state index in [0.29, 0.717) is 22.6 Å². The van der Waals surface area contributed by atoms with Crippen molar-refractivity contribution < 1.29 is 8.83 Å². The normalized spacial score (nSPS) is 15.0. The van der Waals surface area contributed by atoms with Gasteiger partial charge in [-0.25, -0.2) is 9.78 Å². The molecule has 5 rings (SSSR count). The third-order valence-corrected chi connectivity index (χ3v) is 4.97. The molecule has 0 radical (unpaired) electrons. The Balaban J connectivity index is 1.59. The van der Waals surface area contributed by atoms with Crippen molar-refractivity contribution in [3.05, 3.63) is 59.0 Å². The van der Waals surface area contributed by atoms with Gasteiger partial charge in [-0.2, -0.15) is 0 Å². The van der Waals surface area contributed by atoms with Crippen LogP contribution in [0.2, 0.25) is 0 Å². The molecule has 1 aliphatic rings. The molecule has 2 aromatic heterocycles. The van der Waals surface area contributed by atoms with Crippen LogP contribution in [0, 0.1) is 0 Å². The first kappa shape index (κ1) is 15.2. The topological polar surface area (TPSA) is 59.5 Å². The van der Waals surface area contributed by atoms with Crippen LogP contribution in [-0.4, -0.2) is 18.1 Å². The van der Waals surface area contributed by atoms with Crippen LogP contribution >= 0.6 is 0 Å². The second kappa shape index (κ2) is 6.02. The van der Waals surface area contributed by atoms with E-state index >= 15 is 0 Å². The van der Waals surface area contributed by atoms with Crippen LogP contribution in [0.25, 0.3) is 33.5 Å². The highest BCUT2D eigenvalue weighted by molar-refractivity contribution is 5.84. The third kappa shape index (κ3) is 2.56. The molecule has 4 aromatic rings. The number of hydrogen-bond donors (Lipinski definition) is 0. The number of benzene rings is 2. The summed E-state index contributed by atoms with van der Waals surface area (Å²) >= 11 is 0. The molecule has 1 fully saturated rings. The van der Waals surface area contributed by atoms with Crippen LogP contribution in [0.1, 0.15) is 19.3 Å². The van der Waals surface area contributed by atoms with Gasteiger partial charge in [-0.1, -0.05) is 12.1 Å². The molecule has 0 saturated carbocycles. The molecule has 5 nitrogen and oxygen atoms in total. The predicted octanol–water partition coefficient (Wildman–Crippen LogP) is 4.59. The second-order valence-electron chi connectivity index (χ2n) is 6.70. The molecular formula is C21H18N2O3. The van der Waals surface area contributed by atoms with Gasteiger partial charge in [0, 0.05) is 30.2 Å². The molecule has 0 amide bonds. The summed E-state index contributed by atoms with van der Waals surface area (Å²) in [5.74, 6) is 0.293. The summed E-state index contributed by atoms with van der Waals surface area (Å²) in [6.45, 7) is 2.10. The van der Waals surface area contributed by atoms with Crippen molar-refractivity contribution in [2.24, 2.45) is 0 Å². The molecule has 3 heterocycles. The minimum Gasteiger partial charge on any atom is -0.436 e. The minimum absolute atomic E-state index is 0.293. The van der Waals surface area contributed by atoms with E-state index in [4.69, 9.17) is 8.83 Å². The van der Waals surface area contributed by atoms with Crippen molar-refractivity contribution in [2.45, 2.75) is 19.3 Å². The van der Waals surface area contributed by atoms with Crippen LogP contribution in [0.4, 0.5) is 5.69 Å². The number of oxazole rings is 1. The quantitative estimate of drug-likeness (QED) is 0.497. The number of para-hydroxylation sites is 2. The van der Waals surface area contributed by atoms with Gasteiger partial charge in [-0.3, -0.25) is 0 Å². The van der Waals surface area contributed by atoms with Gasteiger partial charge in [-0.05, 0) is 49.6 Å². The molecule has 1 aliphatic heterocycles. The molecule has 0 N–H and O–H groups in total. The summed E-state index contributed by atoms with van der Waals surface area (Å²) < 4.78 is 11.3. The van der Waals surface area contributed by atoms with Crippen molar-refractivity contribution in [1.82, 2.24) is 4.98 Å². The molecule has 26 heavy (non-hydrogen) atoms. The van der Waals surface area contributed by atoms with Crippen molar-refractivity contribution in [3.63, 3.8) is 0 Å². The fraction of sp³-hybridized carbons (Fsp3) is 0.238. The number of hydrogen-bond acceptors (Lipinski definition) is 5. The molecule has 0 atom stereocenters. The van der Waals surface area contributed by atoms with E-state index in [1.54, 1.807) is 6.07 Å². The average Bonchev–Trinajstić information content (AvgIpc) is 3.11. The Kier molecular flexibility index (Phi) is 3.52. The highest BCUT2D eigenvalue weighted by Gasteiger charge is 2.16. The van der Waals surface area contributed by atoms with Crippen molar-refractivity contribution in [2.75, 3.05) is 18.0 Å². The lowest BCUT2D eigenvalue weighted by atomic mass is 10.1. The smallest absolute Gasteiger partial charge is 0.349 e. The number of fused-ring (bicyclic) bond motifs is 2. The molecule has 0 unspecified atom stereocenters. The summed E-state index contributed by atoms with van der Waals surface area (Å²) in [4.78, 5) is 19.3. The van der Waals surface area contributed by atoms with Gasteiger partial charge in [0.05, 0.1) is 0 Å². The Morgan fingerprint density at radius 3 is 2.58 bits per heavy atom. The molecule has 130 valence electrons. The average molecular weight is 346 g/mol. The molecule has 0 aliphatic carbocycles. The van der Waals surface area contributed by atoms with E-state index in [1.807, 2.05) is 36.4 Å². The lowest BCUT2D eigenvalue weighted by Gasteiger charge is -2.28. The SMILES string of the molecule is O=c1oc2cc(N3CCCCC3)ccc2cc1-c1nc2ccccc2o1. The highest BCUT2D eigenvalue weighted by atomic mass is 16.4. The summed E-state index contributed by atoms with van der Waals surface area (Å²) in [5.41, 5.74) is 3.00. The minimum atomic E-state index is -0.431. The van der Waals surface area contributed by atoms with E-state index in [-0.39, 0.29) is 0 Å². The van der Waals surface area contributed by atoms with E-state index < -0.39 is 5.63 Å². The third-order valence-electron chi connectivity index (χ3n) is 4.97. The summed E-state index contributed by atoms with van der Waals surface area (Å²) in [5, 5.41) is 0.864. The molecular weight excluding hydrogens is 328 g/mol. The summed E-state index contributed by atoms with van der Waals surface area (Å²) in [6, 6.07) is 15.3. The zero-order chi connectivity index (χ0) is 17.5. The molecule has 5 heteroatoms. The number of nitrogens with zero attached hydrogens (tertiary/aromatic N) is 2. The van der Waals surface area contributed by atoms with E-state index in [9.17, 15) is 4.79 Å². The standard InChI is InChI=1S/C21H18N2O3/c24-21-16(20-22-17-6-2-3-7-18(17)25-20)12-14-8-9-15(13-19(14)26-21)23-10-4-1-5-11-23/h2-3,6-9,12-13H,1,4-5,10-11H2. The van der Waals surface area contributed by atoms with Gasteiger partial charge < -0.3 is 13.7 Å². The van der Waals surface area contributed by atoms with Crippen molar-refractivity contribution >= 4 is 27.8 Å². The monoisotopic (exact) mass is 346 g/mol.